The molecule has 1 aliphatic carbocycles. The Bertz CT molecular complexity index is 537. The van der Waals surface area contributed by atoms with Gasteiger partial charge in [0.25, 0.3) is 0 Å². The lowest BCUT2D eigenvalue weighted by Gasteiger charge is -2.14. The summed E-state index contributed by atoms with van der Waals surface area (Å²) < 4.78 is 46.3. The van der Waals surface area contributed by atoms with Crippen molar-refractivity contribution < 1.29 is 22.6 Å². The molecule has 1 aromatic carbocycles. The van der Waals surface area contributed by atoms with Crippen LogP contribution in [0.2, 0.25) is 0 Å². The average Bonchev–Trinajstić information content (AvgIpc) is 3.27. The smallest absolute Gasteiger partial charge is 0.404 e. The molecule has 0 atom stereocenters. The zero-order valence-corrected chi connectivity index (χ0v) is 15.3. The van der Waals surface area contributed by atoms with E-state index in [4.69, 9.17) is 10.5 Å². The van der Waals surface area contributed by atoms with E-state index in [0.717, 1.165) is 12.5 Å². The van der Waals surface area contributed by atoms with Crippen LogP contribution in [-0.2, 0) is 4.74 Å². The van der Waals surface area contributed by atoms with Crippen LogP contribution in [0.25, 0.3) is 0 Å². The van der Waals surface area contributed by atoms with Crippen LogP contribution in [0.1, 0.15) is 19.3 Å². The first kappa shape index (κ1) is 20.8. The zero-order chi connectivity index (χ0) is 16.7. The first-order valence-corrected chi connectivity index (χ1v) is 7.43. The minimum absolute atomic E-state index is 0. The minimum atomic E-state index is -4.76. The molecule has 1 fully saturated rings. The Balaban J connectivity index is 0.00000288. The highest BCUT2D eigenvalue weighted by Crippen LogP contribution is 2.30. The highest BCUT2D eigenvalue weighted by Gasteiger charge is 2.32. The second-order valence-electron chi connectivity index (χ2n) is 5.31. The summed E-state index contributed by atoms with van der Waals surface area (Å²) in [4.78, 5) is 4.06. The molecule has 2 rings (SSSR count). The molecule has 0 spiro atoms. The van der Waals surface area contributed by atoms with E-state index in [1.165, 1.54) is 31.0 Å². The zero-order valence-electron chi connectivity index (χ0n) is 13.0. The van der Waals surface area contributed by atoms with Crippen molar-refractivity contribution in [2.45, 2.75) is 25.6 Å². The monoisotopic (exact) mass is 459 g/mol. The number of rotatable bonds is 8. The van der Waals surface area contributed by atoms with Crippen molar-refractivity contribution in [3.63, 3.8) is 0 Å². The van der Waals surface area contributed by atoms with Crippen molar-refractivity contribution in [1.82, 2.24) is 0 Å². The third-order valence-corrected chi connectivity index (χ3v) is 3.15. The van der Waals surface area contributed by atoms with E-state index in [1.807, 2.05) is 0 Å². The predicted octanol–water partition coefficient (Wildman–Crippen LogP) is 3.75. The van der Waals surface area contributed by atoms with Crippen molar-refractivity contribution in [1.29, 1.82) is 0 Å². The van der Waals surface area contributed by atoms with E-state index < -0.39 is 6.36 Å². The van der Waals surface area contributed by atoms with E-state index in [2.05, 4.69) is 15.0 Å². The van der Waals surface area contributed by atoms with Crippen LogP contribution in [0, 0.1) is 5.92 Å². The molecule has 1 aliphatic rings. The molecule has 0 radical (unpaired) electrons. The van der Waals surface area contributed by atoms with Crippen LogP contribution in [0.5, 0.6) is 5.75 Å². The Labute approximate surface area is 155 Å². The van der Waals surface area contributed by atoms with E-state index in [-0.39, 0.29) is 41.4 Å². The molecule has 0 aliphatic heterocycles. The fourth-order valence-electron chi connectivity index (χ4n) is 1.86. The van der Waals surface area contributed by atoms with Crippen molar-refractivity contribution in [3.05, 3.63) is 24.3 Å². The summed E-state index contributed by atoms with van der Waals surface area (Å²) >= 11 is 0. The number of guanidine groups is 1. The maximum atomic E-state index is 12.3. The Morgan fingerprint density at radius 1 is 1.29 bits per heavy atom. The van der Waals surface area contributed by atoms with Crippen LogP contribution in [0.15, 0.2) is 29.3 Å². The lowest BCUT2D eigenvalue weighted by atomic mass is 10.3. The van der Waals surface area contributed by atoms with Gasteiger partial charge >= 0.3 is 6.36 Å². The molecule has 5 nitrogen and oxygen atoms in total. The highest BCUT2D eigenvalue weighted by atomic mass is 127. The molecular formula is C15H21F3IN3O2. The third kappa shape index (κ3) is 8.57. The number of halogens is 4. The lowest BCUT2D eigenvalue weighted by Crippen LogP contribution is -2.24. The summed E-state index contributed by atoms with van der Waals surface area (Å²) in [5.74, 6) is 0.395. The number of benzene rings is 1. The van der Waals surface area contributed by atoms with E-state index in [9.17, 15) is 13.2 Å². The number of nitrogens with one attached hydrogen (secondary N) is 1. The molecule has 0 unspecified atom stereocenters. The third-order valence-electron chi connectivity index (χ3n) is 3.15. The quantitative estimate of drug-likeness (QED) is 0.269. The van der Waals surface area contributed by atoms with Crippen LogP contribution in [0.3, 0.4) is 0 Å². The van der Waals surface area contributed by atoms with Crippen molar-refractivity contribution in [3.8, 4) is 5.75 Å². The summed E-state index contributed by atoms with van der Waals surface area (Å²) in [6, 6.07) is 5.65. The van der Waals surface area contributed by atoms with Gasteiger partial charge in [0, 0.05) is 19.8 Å². The standard InChI is InChI=1S/C15H20F3N3O2.HI/c16-15(17,18)23-13-5-2-1-4-12(13)21-14(19)20-8-3-9-22-10-11-6-7-11;/h1-2,4-5,11H,3,6-10H2,(H3,19,20,21);1H. The molecule has 0 amide bonds. The molecule has 24 heavy (non-hydrogen) atoms. The summed E-state index contributed by atoms with van der Waals surface area (Å²) in [6.45, 7) is 1.83. The largest absolute Gasteiger partial charge is 0.573 e. The number of nitrogens with zero attached hydrogens (tertiary/aromatic N) is 1. The molecular weight excluding hydrogens is 438 g/mol. The second kappa shape index (κ2) is 9.92. The fourth-order valence-corrected chi connectivity index (χ4v) is 1.86. The molecule has 1 saturated carbocycles. The molecule has 3 N–H and O–H groups in total. The topological polar surface area (TPSA) is 68.9 Å². The van der Waals surface area contributed by atoms with Gasteiger partial charge in [-0.1, -0.05) is 12.1 Å². The van der Waals surface area contributed by atoms with Crippen molar-refractivity contribution >= 4 is 35.6 Å². The number of hydrogen-bond acceptors (Lipinski definition) is 3. The van der Waals surface area contributed by atoms with E-state index in [0.29, 0.717) is 19.6 Å². The normalized spacial score (nSPS) is 14.9. The first-order valence-electron chi connectivity index (χ1n) is 7.43. The van der Waals surface area contributed by atoms with Gasteiger partial charge in [0.05, 0.1) is 5.69 Å². The number of aliphatic imine (C=N–C) groups is 1. The highest BCUT2D eigenvalue weighted by molar-refractivity contribution is 14.0. The van der Waals surface area contributed by atoms with Gasteiger partial charge in [-0.25, -0.2) is 0 Å². The molecule has 9 heteroatoms. The molecule has 1 aromatic rings. The minimum Gasteiger partial charge on any atom is -0.404 e. The number of para-hydroxylation sites is 2. The van der Waals surface area contributed by atoms with Gasteiger partial charge in [-0.05, 0) is 37.3 Å². The maximum Gasteiger partial charge on any atom is 0.573 e. The Morgan fingerprint density at radius 3 is 2.67 bits per heavy atom. The fraction of sp³-hybridized carbons (Fsp3) is 0.533. The Kier molecular flexibility index (Phi) is 8.60. The van der Waals surface area contributed by atoms with Gasteiger partial charge in [-0.3, -0.25) is 4.99 Å². The van der Waals surface area contributed by atoms with Gasteiger partial charge in [0.2, 0.25) is 0 Å². The van der Waals surface area contributed by atoms with Gasteiger partial charge in [0.15, 0.2) is 11.7 Å². The average molecular weight is 459 g/mol. The number of ether oxygens (including phenoxy) is 2. The molecule has 0 aromatic heterocycles. The second-order valence-corrected chi connectivity index (χ2v) is 5.31. The number of alkyl halides is 3. The number of nitrogens with two attached hydrogens (primary N) is 1. The predicted molar refractivity (Wildman–Crippen MR) is 96.8 cm³/mol. The number of hydrogen-bond donors (Lipinski definition) is 2. The Morgan fingerprint density at radius 2 is 2.00 bits per heavy atom. The van der Waals surface area contributed by atoms with Gasteiger partial charge < -0.3 is 20.5 Å². The van der Waals surface area contributed by atoms with Crippen LogP contribution in [-0.4, -0.2) is 32.1 Å². The van der Waals surface area contributed by atoms with Crippen LogP contribution >= 0.6 is 24.0 Å². The van der Waals surface area contributed by atoms with Crippen LogP contribution in [0.4, 0.5) is 18.9 Å². The maximum absolute atomic E-state index is 12.3. The SMILES string of the molecule is I.NC(=NCCCOCC1CC1)Nc1ccccc1OC(F)(F)F. The summed E-state index contributed by atoms with van der Waals surface area (Å²) in [6.07, 6.45) is -1.57. The van der Waals surface area contributed by atoms with Crippen molar-refractivity contribution in [2.75, 3.05) is 25.1 Å². The first-order chi connectivity index (χ1) is 10.9. The summed E-state index contributed by atoms with van der Waals surface area (Å²) in [5.41, 5.74) is 5.78. The Hall–Kier alpha value is -1.23. The van der Waals surface area contributed by atoms with E-state index >= 15 is 0 Å². The molecule has 136 valence electrons. The van der Waals surface area contributed by atoms with Gasteiger partial charge in [0.1, 0.15) is 0 Å². The summed E-state index contributed by atoms with van der Waals surface area (Å²) in [5, 5.41) is 2.61. The molecule has 0 bridgehead atoms. The lowest BCUT2D eigenvalue weighted by molar-refractivity contribution is -0.274. The molecule has 0 saturated heterocycles. The van der Waals surface area contributed by atoms with Gasteiger partial charge in [-0.2, -0.15) is 0 Å². The van der Waals surface area contributed by atoms with E-state index in [1.54, 1.807) is 6.07 Å². The molecule has 0 heterocycles. The summed E-state index contributed by atoms with van der Waals surface area (Å²) in [7, 11) is 0. The van der Waals surface area contributed by atoms with Gasteiger partial charge in [-0.15, -0.1) is 37.1 Å². The van der Waals surface area contributed by atoms with Crippen LogP contribution < -0.4 is 15.8 Å². The number of anilines is 1. The van der Waals surface area contributed by atoms with Crippen molar-refractivity contribution in [2.24, 2.45) is 16.6 Å².